The van der Waals surface area contributed by atoms with Gasteiger partial charge in [-0.25, -0.2) is 4.79 Å². The molecule has 20 heavy (non-hydrogen) atoms. The van der Waals surface area contributed by atoms with Crippen molar-refractivity contribution in [2.75, 3.05) is 5.32 Å². The Labute approximate surface area is 123 Å². The number of carboxylic acid groups (broad SMARTS) is 1. The van der Waals surface area contributed by atoms with Crippen molar-refractivity contribution in [1.29, 1.82) is 0 Å². The quantitative estimate of drug-likeness (QED) is 0.903. The molecule has 0 atom stereocenters. The topological polar surface area (TPSA) is 79.3 Å². The van der Waals surface area contributed by atoms with Crippen molar-refractivity contribution in [2.24, 2.45) is 0 Å². The lowest BCUT2D eigenvalue weighted by atomic mass is 10.1. The third-order valence-electron chi connectivity index (χ3n) is 2.61. The molecule has 0 aliphatic rings. The summed E-state index contributed by atoms with van der Waals surface area (Å²) in [7, 11) is 0. The number of anilines is 1. The molecule has 0 saturated carbocycles. The Bertz CT molecular complexity index is 686. The third kappa shape index (κ3) is 3.21. The van der Waals surface area contributed by atoms with Gasteiger partial charge in [-0.2, -0.15) is 0 Å². The molecule has 0 radical (unpaired) electrons. The molecule has 1 heterocycles. The average molecular weight is 335 g/mol. The van der Waals surface area contributed by atoms with Gasteiger partial charge in [-0.15, -0.1) is 0 Å². The zero-order valence-electron chi connectivity index (χ0n) is 10.6. The molecule has 0 saturated heterocycles. The number of hydrogen-bond acceptors (Lipinski definition) is 3. The minimum atomic E-state index is -1.14. The van der Waals surface area contributed by atoms with Crippen LogP contribution in [0.1, 0.15) is 26.4 Å². The summed E-state index contributed by atoms with van der Waals surface area (Å²) in [5.41, 5.74) is 1.38. The zero-order chi connectivity index (χ0) is 14.7. The predicted molar refractivity (Wildman–Crippen MR) is 78.0 cm³/mol. The summed E-state index contributed by atoms with van der Waals surface area (Å²) in [5.74, 6) is -1.62. The number of carbonyl (C=O) groups is 2. The maximum absolute atomic E-state index is 12.2. The van der Waals surface area contributed by atoms with Crippen LogP contribution in [0.3, 0.4) is 0 Å². The Kier molecular flexibility index (Phi) is 4.14. The summed E-state index contributed by atoms with van der Waals surface area (Å²) in [4.78, 5) is 27.4. The standard InChI is InChI=1S/C14H11BrN2O3/c1-8-6-10(4-5-16-8)17-13(18)12-7-9(15)2-3-11(12)14(19)20/h2-7H,1H3,(H,19,20)(H,16,17,18). The fourth-order valence-electron chi connectivity index (χ4n) is 1.71. The van der Waals surface area contributed by atoms with Crippen LogP contribution in [0.15, 0.2) is 41.0 Å². The summed E-state index contributed by atoms with van der Waals surface area (Å²) in [5, 5.41) is 11.8. The number of pyridine rings is 1. The van der Waals surface area contributed by atoms with E-state index in [-0.39, 0.29) is 11.1 Å². The van der Waals surface area contributed by atoms with Gasteiger partial charge < -0.3 is 10.4 Å². The highest BCUT2D eigenvalue weighted by molar-refractivity contribution is 9.10. The van der Waals surface area contributed by atoms with E-state index in [2.05, 4.69) is 26.2 Å². The molecule has 0 fully saturated rings. The van der Waals surface area contributed by atoms with Crippen molar-refractivity contribution >= 4 is 33.5 Å². The van der Waals surface area contributed by atoms with Crippen molar-refractivity contribution in [1.82, 2.24) is 4.98 Å². The van der Waals surface area contributed by atoms with Gasteiger partial charge in [0.1, 0.15) is 0 Å². The highest BCUT2D eigenvalue weighted by atomic mass is 79.9. The molecule has 1 aromatic carbocycles. The van der Waals surface area contributed by atoms with Gasteiger partial charge in [-0.1, -0.05) is 15.9 Å². The third-order valence-corrected chi connectivity index (χ3v) is 3.10. The van der Waals surface area contributed by atoms with Gasteiger partial charge in [0, 0.05) is 22.1 Å². The van der Waals surface area contributed by atoms with E-state index in [4.69, 9.17) is 5.11 Å². The number of amides is 1. The normalized spacial score (nSPS) is 10.1. The lowest BCUT2D eigenvalue weighted by Crippen LogP contribution is -2.16. The van der Waals surface area contributed by atoms with Crippen molar-refractivity contribution in [2.45, 2.75) is 6.92 Å². The Balaban J connectivity index is 2.34. The number of nitrogens with one attached hydrogen (secondary N) is 1. The molecule has 0 aliphatic carbocycles. The molecule has 0 bridgehead atoms. The zero-order valence-corrected chi connectivity index (χ0v) is 12.1. The van der Waals surface area contributed by atoms with E-state index in [1.54, 1.807) is 31.3 Å². The summed E-state index contributed by atoms with van der Waals surface area (Å²) in [6.07, 6.45) is 1.57. The average Bonchev–Trinajstić information content (AvgIpc) is 2.38. The Morgan fingerprint density at radius 3 is 2.60 bits per heavy atom. The van der Waals surface area contributed by atoms with Crippen molar-refractivity contribution in [3.8, 4) is 0 Å². The largest absolute Gasteiger partial charge is 0.478 e. The van der Waals surface area contributed by atoms with Crippen molar-refractivity contribution in [3.05, 3.63) is 57.8 Å². The maximum Gasteiger partial charge on any atom is 0.336 e. The van der Waals surface area contributed by atoms with Crippen LogP contribution < -0.4 is 5.32 Å². The molecule has 2 aromatic rings. The van der Waals surface area contributed by atoms with Gasteiger partial charge in [0.2, 0.25) is 0 Å². The molecule has 102 valence electrons. The number of hydrogen-bond donors (Lipinski definition) is 2. The van der Waals surface area contributed by atoms with Gasteiger partial charge in [0.25, 0.3) is 5.91 Å². The summed E-state index contributed by atoms with van der Waals surface area (Å²) in [6, 6.07) is 7.79. The number of carbonyl (C=O) groups excluding carboxylic acids is 1. The number of nitrogens with zero attached hydrogens (tertiary/aromatic N) is 1. The van der Waals surface area contributed by atoms with E-state index < -0.39 is 11.9 Å². The first kappa shape index (κ1) is 14.2. The second-order valence-corrected chi connectivity index (χ2v) is 5.05. The van der Waals surface area contributed by atoms with Crippen LogP contribution in [0.5, 0.6) is 0 Å². The molecule has 1 amide bonds. The number of aromatic nitrogens is 1. The van der Waals surface area contributed by atoms with Gasteiger partial charge in [-0.3, -0.25) is 9.78 Å². The highest BCUT2D eigenvalue weighted by Crippen LogP contribution is 2.18. The minimum Gasteiger partial charge on any atom is -0.478 e. The Morgan fingerprint density at radius 1 is 1.20 bits per heavy atom. The fourth-order valence-corrected chi connectivity index (χ4v) is 2.07. The Morgan fingerprint density at radius 2 is 1.95 bits per heavy atom. The maximum atomic E-state index is 12.2. The van der Waals surface area contributed by atoms with Crippen LogP contribution in [-0.4, -0.2) is 22.0 Å². The molecular weight excluding hydrogens is 324 g/mol. The number of carboxylic acids is 1. The van der Waals surface area contributed by atoms with E-state index >= 15 is 0 Å². The molecule has 1 aromatic heterocycles. The van der Waals surface area contributed by atoms with Gasteiger partial charge in [0.05, 0.1) is 11.1 Å². The molecule has 6 heteroatoms. The first-order valence-electron chi connectivity index (χ1n) is 5.74. The fraction of sp³-hybridized carbons (Fsp3) is 0.0714. The van der Waals surface area contributed by atoms with E-state index in [9.17, 15) is 9.59 Å². The summed E-state index contributed by atoms with van der Waals surface area (Å²) in [6.45, 7) is 1.80. The van der Waals surface area contributed by atoms with E-state index in [1.165, 1.54) is 12.1 Å². The summed E-state index contributed by atoms with van der Waals surface area (Å²) >= 11 is 3.23. The van der Waals surface area contributed by atoms with Crippen LogP contribution in [-0.2, 0) is 0 Å². The van der Waals surface area contributed by atoms with E-state index in [0.717, 1.165) is 5.69 Å². The highest BCUT2D eigenvalue weighted by Gasteiger charge is 2.17. The van der Waals surface area contributed by atoms with Gasteiger partial charge in [0.15, 0.2) is 0 Å². The first-order chi connectivity index (χ1) is 9.47. The second kappa shape index (κ2) is 5.83. The molecule has 5 nitrogen and oxygen atoms in total. The molecule has 2 N–H and O–H groups in total. The van der Waals surface area contributed by atoms with Crippen LogP contribution in [0.25, 0.3) is 0 Å². The number of rotatable bonds is 3. The van der Waals surface area contributed by atoms with Crippen LogP contribution in [0.2, 0.25) is 0 Å². The number of halogens is 1. The lowest BCUT2D eigenvalue weighted by molar-refractivity contribution is 0.0692. The number of benzene rings is 1. The van der Waals surface area contributed by atoms with Crippen molar-refractivity contribution in [3.63, 3.8) is 0 Å². The summed E-state index contributed by atoms with van der Waals surface area (Å²) < 4.78 is 0.638. The van der Waals surface area contributed by atoms with Gasteiger partial charge in [-0.05, 0) is 37.3 Å². The monoisotopic (exact) mass is 334 g/mol. The lowest BCUT2D eigenvalue weighted by Gasteiger charge is -2.08. The molecule has 0 aliphatic heterocycles. The van der Waals surface area contributed by atoms with Crippen LogP contribution in [0.4, 0.5) is 5.69 Å². The van der Waals surface area contributed by atoms with E-state index in [1.807, 2.05) is 0 Å². The SMILES string of the molecule is Cc1cc(NC(=O)c2cc(Br)ccc2C(=O)O)ccn1. The van der Waals surface area contributed by atoms with E-state index in [0.29, 0.717) is 10.2 Å². The Hall–Kier alpha value is -2.21. The molecule has 2 rings (SSSR count). The van der Waals surface area contributed by atoms with Crippen LogP contribution >= 0.6 is 15.9 Å². The predicted octanol–water partition coefficient (Wildman–Crippen LogP) is 3.10. The van der Waals surface area contributed by atoms with Crippen molar-refractivity contribution < 1.29 is 14.7 Å². The first-order valence-corrected chi connectivity index (χ1v) is 6.53. The molecule has 0 unspecified atom stereocenters. The molecular formula is C14H11BrN2O3. The minimum absolute atomic E-state index is 0.0449. The molecule has 0 spiro atoms. The van der Waals surface area contributed by atoms with Gasteiger partial charge >= 0.3 is 5.97 Å². The number of aromatic carboxylic acids is 1. The smallest absolute Gasteiger partial charge is 0.336 e. The number of aryl methyl sites for hydroxylation is 1. The van der Waals surface area contributed by atoms with Crippen LogP contribution in [0, 0.1) is 6.92 Å². The second-order valence-electron chi connectivity index (χ2n) is 4.14.